The zero-order chi connectivity index (χ0) is 29.8. The van der Waals surface area contributed by atoms with Crippen LogP contribution in [0.5, 0.6) is 0 Å². The van der Waals surface area contributed by atoms with Crippen molar-refractivity contribution in [2.75, 3.05) is 0 Å². The lowest BCUT2D eigenvalue weighted by atomic mass is 10.1. The maximum absolute atomic E-state index is 11.0. The molecule has 0 fully saturated rings. The second-order valence-corrected chi connectivity index (χ2v) is 12.1. The Balaban J connectivity index is 0.000000222. The highest BCUT2D eigenvalue weighted by Crippen LogP contribution is 2.27. The van der Waals surface area contributed by atoms with E-state index in [1.54, 1.807) is 0 Å². The first kappa shape index (κ1) is 33.0. The Morgan fingerprint density at radius 3 is 1.18 bits per heavy atom. The SMILES string of the molecule is CCCC[n+]1ccc(C)cc1.CCCC[n+]1ccc(C)cc1.O=S(=O)([O-])c1cccc2c(S(=O)(=O)[O-])cccc12. The summed E-state index contributed by atoms with van der Waals surface area (Å²) in [5.41, 5.74) is 2.66. The van der Waals surface area contributed by atoms with Gasteiger partial charge in [0.1, 0.15) is 33.3 Å². The molecule has 0 bridgehead atoms. The van der Waals surface area contributed by atoms with Crippen LogP contribution in [-0.2, 0) is 33.3 Å². The number of unbranched alkanes of at least 4 members (excludes halogenated alkanes) is 2. The molecule has 0 amide bonds. The molecule has 2 aromatic heterocycles. The molecule has 0 N–H and O–H groups in total. The summed E-state index contributed by atoms with van der Waals surface area (Å²) in [6.07, 6.45) is 13.6. The number of pyridine rings is 2. The Morgan fingerprint density at radius 1 is 0.575 bits per heavy atom. The lowest BCUT2D eigenvalue weighted by Crippen LogP contribution is -2.32. The topological polar surface area (TPSA) is 122 Å². The van der Waals surface area contributed by atoms with E-state index in [-0.39, 0.29) is 10.8 Å². The van der Waals surface area contributed by atoms with Crippen molar-refractivity contribution in [3.63, 3.8) is 0 Å². The molecule has 8 nitrogen and oxygen atoms in total. The fourth-order valence-electron chi connectivity index (χ4n) is 3.73. The van der Waals surface area contributed by atoms with Crippen LogP contribution >= 0.6 is 0 Å². The number of hydrogen-bond donors (Lipinski definition) is 0. The highest BCUT2D eigenvalue weighted by molar-refractivity contribution is 7.86. The third-order valence-corrected chi connectivity index (χ3v) is 7.83. The van der Waals surface area contributed by atoms with Gasteiger partial charge >= 0.3 is 0 Å². The van der Waals surface area contributed by atoms with Gasteiger partial charge in [-0.1, -0.05) is 51.0 Å². The van der Waals surface area contributed by atoms with Crippen LogP contribution in [-0.4, -0.2) is 25.9 Å². The standard InChI is InChI=1S/2C10H16N.C10H8O6S2/c2*1-3-4-7-11-8-5-10(2)6-9-11;11-17(12,13)9-5-1-3-7-8(9)4-2-6-10(7)18(14,15)16/h2*5-6,8-9H,3-4,7H2,1-2H3;1-6H,(H,11,12,13)(H,14,15,16)/q2*+1;/p-2. The Morgan fingerprint density at radius 2 is 0.900 bits per heavy atom. The van der Waals surface area contributed by atoms with Gasteiger partial charge in [0.15, 0.2) is 24.8 Å². The van der Waals surface area contributed by atoms with E-state index in [1.165, 1.54) is 61.1 Å². The average Bonchev–Trinajstić information content (AvgIpc) is 2.91. The summed E-state index contributed by atoms with van der Waals surface area (Å²) in [5.74, 6) is 0. The van der Waals surface area contributed by atoms with E-state index in [0.29, 0.717) is 0 Å². The van der Waals surface area contributed by atoms with E-state index in [4.69, 9.17) is 0 Å². The van der Waals surface area contributed by atoms with Crippen molar-refractivity contribution < 1.29 is 35.1 Å². The van der Waals surface area contributed by atoms with Gasteiger partial charge in [-0.05, 0) is 37.1 Å². The quantitative estimate of drug-likeness (QED) is 0.216. The first-order valence-electron chi connectivity index (χ1n) is 13.2. The van der Waals surface area contributed by atoms with Gasteiger partial charge in [-0.15, -0.1) is 0 Å². The fraction of sp³-hybridized carbons (Fsp3) is 0.333. The number of benzene rings is 2. The fourth-order valence-corrected chi connectivity index (χ4v) is 5.12. The molecular formula is C30H38N2O6S2. The average molecular weight is 587 g/mol. The molecule has 40 heavy (non-hydrogen) atoms. The second kappa shape index (κ2) is 15.6. The lowest BCUT2D eigenvalue weighted by molar-refractivity contribution is -0.697. The smallest absolute Gasteiger partial charge is 0.169 e. The number of fused-ring (bicyclic) bond motifs is 1. The molecule has 10 heteroatoms. The first-order chi connectivity index (χ1) is 18.9. The van der Waals surface area contributed by atoms with Crippen molar-refractivity contribution in [3.05, 3.63) is 96.6 Å². The van der Waals surface area contributed by atoms with Gasteiger partial charge in [0.25, 0.3) is 0 Å². The Labute approximate surface area is 238 Å². The predicted molar refractivity (Wildman–Crippen MR) is 152 cm³/mol. The molecule has 0 aliphatic heterocycles. The summed E-state index contributed by atoms with van der Waals surface area (Å²) in [6, 6.07) is 15.7. The second-order valence-electron chi connectivity index (χ2n) is 9.45. The van der Waals surface area contributed by atoms with Gasteiger partial charge in [-0.25, -0.2) is 26.0 Å². The number of aryl methyl sites for hydroxylation is 4. The zero-order valence-electron chi connectivity index (χ0n) is 23.5. The molecule has 0 aliphatic rings. The molecule has 0 unspecified atom stereocenters. The maximum atomic E-state index is 11.0. The van der Waals surface area contributed by atoms with E-state index in [0.717, 1.165) is 25.2 Å². The summed E-state index contributed by atoms with van der Waals surface area (Å²) in [4.78, 5) is -1.10. The summed E-state index contributed by atoms with van der Waals surface area (Å²) in [6.45, 7) is 11.0. The van der Waals surface area contributed by atoms with Crippen molar-refractivity contribution in [2.24, 2.45) is 0 Å². The number of nitrogens with zero attached hydrogens (tertiary/aromatic N) is 2. The Hall–Kier alpha value is -3.18. The molecule has 2 heterocycles. The van der Waals surface area contributed by atoms with Crippen LogP contribution in [0.15, 0.2) is 95.2 Å². The van der Waals surface area contributed by atoms with E-state index in [2.05, 4.69) is 85.9 Å². The number of aromatic nitrogens is 2. The predicted octanol–water partition coefficient (Wildman–Crippen LogP) is 4.81. The molecule has 4 aromatic rings. The van der Waals surface area contributed by atoms with Crippen molar-refractivity contribution in [3.8, 4) is 0 Å². The van der Waals surface area contributed by atoms with E-state index >= 15 is 0 Å². The monoisotopic (exact) mass is 586 g/mol. The largest absolute Gasteiger partial charge is 0.744 e. The van der Waals surface area contributed by atoms with Crippen LogP contribution in [0.4, 0.5) is 0 Å². The maximum Gasteiger partial charge on any atom is 0.169 e. The van der Waals surface area contributed by atoms with Gasteiger partial charge < -0.3 is 9.11 Å². The summed E-state index contributed by atoms with van der Waals surface area (Å²) >= 11 is 0. The van der Waals surface area contributed by atoms with E-state index in [1.807, 2.05) is 0 Å². The summed E-state index contributed by atoms with van der Waals surface area (Å²) in [5, 5.41) is -0.158. The molecule has 0 radical (unpaired) electrons. The van der Waals surface area contributed by atoms with Crippen molar-refractivity contribution in [2.45, 2.75) is 76.3 Å². The third-order valence-electron chi connectivity index (χ3n) is 6.04. The van der Waals surface area contributed by atoms with E-state index < -0.39 is 30.0 Å². The molecule has 4 rings (SSSR count). The van der Waals surface area contributed by atoms with Crippen LogP contribution in [0, 0.1) is 13.8 Å². The van der Waals surface area contributed by atoms with E-state index in [9.17, 15) is 25.9 Å². The highest BCUT2D eigenvalue weighted by Gasteiger charge is 2.12. The minimum atomic E-state index is -4.74. The Kier molecular flexibility index (Phi) is 12.9. The molecule has 0 atom stereocenters. The molecule has 0 spiro atoms. The number of hydrogen-bond acceptors (Lipinski definition) is 6. The molecule has 0 aliphatic carbocycles. The molecule has 0 saturated heterocycles. The molecule has 2 aromatic carbocycles. The lowest BCUT2D eigenvalue weighted by Gasteiger charge is -2.14. The number of rotatable bonds is 8. The summed E-state index contributed by atoms with van der Waals surface area (Å²) in [7, 11) is -9.48. The van der Waals surface area contributed by atoms with Crippen LogP contribution in [0.3, 0.4) is 0 Å². The van der Waals surface area contributed by atoms with Gasteiger partial charge in [-0.2, -0.15) is 0 Å². The van der Waals surface area contributed by atoms with Crippen LogP contribution in [0.1, 0.15) is 50.7 Å². The third kappa shape index (κ3) is 10.8. The van der Waals surface area contributed by atoms with Crippen LogP contribution in [0.25, 0.3) is 10.8 Å². The summed E-state index contributed by atoms with van der Waals surface area (Å²) < 4.78 is 70.6. The van der Waals surface area contributed by atoms with Crippen LogP contribution in [0.2, 0.25) is 0 Å². The van der Waals surface area contributed by atoms with Gasteiger partial charge in [-0.3, -0.25) is 0 Å². The van der Waals surface area contributed by atoms with Crippen LogP contribution < -0.4 is 9.13 Å². The van der Waals surface area contributed by atoms with Gasteiger partial charge in [0.2, 0.25) is 0 Å². The first-order valence-corrected chi connectivity index (χ1v) is 16.0. The van der Waals surface area contributed by atoms with Gasteiger partial charge in [0, 0.05) is 47.9 Å². The van der Waals surface area contributed by atoms with Gasteiger partial charge in [0.05, 0.1) is 9.79 Å². The molecule has 0 saturated carbocycles. The minimum Gasteiger partial charge on any atom is -0.744 e. The molecule has 216 valence electrons. The van der Waals surface area contributed by atoms with Crippen molar-refractivity contribution >= 4 is 31.0 Å². The zero-order valence-corrected chi connectivity index (χ0v) is 25.1. The highest BCUT2D eigenvalue weighted by atomic mass is 32.2. The molecular weight excluding hydrogens is 548 g/mol. The minimum absolute atomic E-state index is 0.0792. The Bertz CT molecular complexity index is 1450. The normalized spacial score (nSPS) is 11.2. The van der Waals surface area contributed by atoms with Crippen molar-refractivity contribution in [1.29, 1.82) is 0 Å². The van der Waals surface area contributed by atoms with Crippen molar-refractivity contribution in [1.82, 2.24) is 0 Å².